The quantitative estimate of drug-likeness (QED) is 0.770. The molecular weight excluding hydrogens is 310 g/mol. The second-order valence-electron chi connectivity index (χ2n) is 6.41. The molecule has 0 bridgehead atoms. The Morgan fingerprint density at radius 3 is 2.44 bits per heavy atom. The third-order valence-electron chi connectivity index (χ3n) is 4.66. The molecule has 2 aromatic carbocycles. The van der Waals surface area contributed by atoms with E-state index in [0.717, 1.165) is 35.5 Å². The lowest BCUT2D eigenvalue weighted by Crippen LogP contribution is -2.30. The first-order valence-corrected chi connectivity index (χ1v) is 8.82. The molecule has 4 heteroatoms. The van der Waals surface area contributed by atoms with Gasteiger partial charge in [0.15, 0.2) is 0 Å². The summed E-state index contributed by atoms with van der Waals surface area (Å²) in [5.41, 5.74) is 2.34. The van der Waals surface area contributed by atoms with Crippen molar-refractivity contribution >= 4 is 28.3 Å². The van der Waals surface area contributed by atoms with Gasteiger partial charge in [-0.15, -0.1) is 0 Å². The Balaban J connectivity index is 1.74. The number of para-hydroxylation sites is 2. The summed E-state index contributed by atoms with van der Waals surface area (Å²) < 4.78 is 0. The number of pyridine rings is 1. The number of carbonyl (C=O) groups is 1. The lowest BCUT2D eigenvalue weighted by Gasteiger charge is -2.28. The monoisotopic (exact) mass is 331 g/mol. The van der Waals surface area contributed by atoms with Crippen LogP contribution in [0.1, 0.15) is 29.6 Å². The van der Waals surface area contributed by atoms with Crippen LogP contribution in [0.25, 0.3) is 10.9 Å². The van der Waals surface area contributed by atoms with E-state index >= 15 is 0 Å². The first-order chi connectivity index (χ1) is 12.3. The number of nitrogens with zero attached hydrogens (tertiary/aromatic N) is 2. The minimum absolute atomic E-state index is 0.0944. The molecular formula is C21H21N3O. The summed E-state index contributed by atoms with van der Waals surface area (Å²) in [7, 11) is 0. The maximum Gasteiger partial charge on any atom is 0.256 e. The highest BCUT2D eigenvalue weighted by Crippen LogP contribution is 2.26. The number of anilines is 2. The fourth-order valence-electron chi connectivity index (χ4n) is 3.35. The van der Waals surface area contributed by atoms with Gasteiger partial charge in [0.25, 0.3) is 5.91 Å². The van der Waals surface area contributed by atoms with E-state index in [1.165, 1.54) is 19.3 Å². The molecule has 3 aromatic rings. The van der Waals surface area contributed by atoms with Gasteiger partial charge in [-0.3, -0.25) is 4.79 Å². The number of piperidine rings is 1. The predicted molar refractivity (Wildman–Crippen MR) is 102 cm³/mol. The molecule has 0 radical (unpaired) electrons. The highest BCUT2D eigenvalue weighted by molar-refractivity contribution is 6.13. The van der Waals surface area contributed by atoms with Crippen LogP contribution in [-0.2, 0) is 0 Å². The van der Waals surface area contributed by atoms with Crippen LogP contribution in [0.2, 0.25) is 0 Å². The van der Waals surface area contributed by atoms with Gasteiger partial charge in [-0.05, 0) is 43.5 Å². The number of fused-ring (bicyclic) bond motifs is 1. The summed E-state index contributed by atoms with van der Waals surface area (Å²) in [5.74, 6) is 0.805. The van der Waals surface area contributed by atoms with Crippen molar-refractivity contribution in [3.05, 3.63) is 66.2 Å². The van der Waals surface area contributed by atoms with E-state index in [-0.39, 0.29) is 5.91 Å². The molecule has 4 nitrogen and oxygen atoms in total. The molecule has 1 saturated heterocycles. The number of hydrogen-bond acceptors (Lipinski definition) is 3. The van der Waals surface area contributed by atoms with E-state index in [0.29, 0.717) is 5.56 Å². The molecule has 1 aliphatic rings. The van der Waals surface area contributed by atoms with Gasteiger partial charge in [-0.2, -0.15) is 0 Å². The molecule has 126 valence electrons. The van der Waals surface area contributed by atoms with Crippen LogP contribution in [-0.4, -0.2) is 24.0 Å². The van der Waals surface area contributed by atoms with Crippen molar-refractivity contribution in [2.45, 2.75) is 19.3 Å². The van der Waals surface area contributed by atoms with Crippen LogP contribution in [0.5, 0.6) is 0 Å². The highest BCUT2D eigenvalue weighted by atomic mass is 16.1. The molecule has 1 aliphatic heterocycles. The topological polar surface area (TPSA) is 45.2 Å². The summed E-state index contributed by atoms with van der Waals surface area (Å²) in [6, 6.07) is 19.3. The van der Waals surface area contributed by atoms with Crippen molar-refractivity contribution in [1.29, 1.82) is 0 Å². The molecule has 4 rings (SSSR count). The zero-order valence-corrected chi connectivity index (χ0v) is 14.1. The molecule has 1 amide bonds. The van der Waals surface area contributed by atoms with Gasteiger partial charge in [-0.1, -0.05) is 36.4 Å². The van der Waals surface area contributed by atoms with Crippen molar-refractivity contribution in [2.24, 2.45) is 0 Å². The lowest BCUT2D eigenvalue weighted by molar-refractivity contribution is 0.102. The van der Waals surface area contributed by atoms with Crippen LogP contribution in [0.3, 0.4) is 0 Å². The van der Waals surface area contributed by atoms with Crippen LogP contribution in [0.4, 0.5) is 11.5 Å². The predicted octanol–water partition coefficient (Wildman–Crippen LogP) is 4.48. The standard InChI is InChI=1S/C21H21N3O/c25-21(22-16-9-3-1-4-10-16)18-15-20(24-13-7-2-8-14-24)23-19-12-6-5-11-17(18)19/h1,3-6,9-12,15H,2,7-8,13-14H2,(H,22,25). The van der Waals surface area contributed by atoms with Crippen molar-refractivity contribution in [1.82, 2.24) is 4.98 Å². The summed E-state index contributed by atoms with van der Waals surface area (Å²) in [4.78, 5) is 20.0. The molecule has 0 unspecified atom stereocenters. The second-order valence-corrected chi connectivity index (χ2v) is 6.41. The zero-order chi connectivity index (χ0) is 17.1. The fraction of sp³-hybridized carbons (Fsp3) is 0.238. The largest absolute Gasteiger partial charge is 0.357 e. The van der Waals surface area contributed by atoms with Crippen LogP contribution < -0.4 is 10.2 Å². The normalized spacial score (nSPS) is 14.5. The second kappa shape index (κ2) is 6.93. The molecule has 1 aromatic heterocycles. The lowest BCUT2D eigenvalue weighted by atomic mass is 10.1. The Hall–Kier alpha value is -2.88. The van der Waals surface area contributed by atoms with Gasteiger partial charge in [-0.25, -0.2) is 4.98 Å². The number of nitrogens with one attached hydrogen (secondary N) is 1. The van der Waals surface area contributed by atoms with Crippen molar-refractivity contribution in [3.63, 3.8) is 0 Å². The first kappa shape index (κ1) is 15.6. The van der Waals surface area contributed by atoms with Gasteiger partial charge in [0.2, 0.25) is 0 Å². The maximum atomic E-state index is 12.9. The summed E-state index contributed by atoms with van der Waals surface area (Å²) in [6.45, 7) is 2.01. The molecule has 0 atom stereocenters. The van der Waals surface area contributed by atoms with E-state index in [4.69, 9.17) is 4.98 Å². The maximum absolute atomic E-state index is 12.9. The molecule has 25 heavy (non-hydrogen) atoms. The minimum Gasteiger partial charge on any atom is -0.357 e. The van der Waals surface area contributed by atoms with Crippen LogP contribution in [0.15, 0.2) is 60.7 Å². The fourth-order valence-corrected chi connectivity index (χ4v) is 3.35. The third-order valence-corrected chi connectivity index (χ3v) is 4.66. The number of aromatic nitrogens is 1. The summed E-state index contributed by atoms with van der Waals surface area (Å²) >= 11 is 0. The molecule has 0 spiro atoms. The van der Waals surface area contributed by atoms with Gasteiger partial charge in [0.1, 0.15) is 5.82 Å². The Kier molecular flexibility index (Phi) is 4.34. The van der Waals surface area contributed by atoms with Gasteiger partial charge >= 0.3 is 0 Å². The number of benzene rings is 2. The Bertz CT molecular complexity index is 886. The zero-order valence-electron chi connectivity index (χ0n) is 14.1. The van der Waals surface area contributed by atoms with Crippen LogP contribution in [0, 0.1) is 0 Å². The number of hydrogen-bond donors (Lipinski definition) is 1. The summed E-state index contributed by atoms with van der Waals surface area (Å²) in [6.07, 6.45) is 3.63. The molecule has 2 heterocycles. The van der Waals surface area contributed by atoms with E-state index in [2.05, 4.69) is 10.2 Å². The molecule has 0 aliphatic carbocycles. The van der Waals surface area contributed by atoms with Crippen molar-refractivity contribution in [3.8, 4) is 0 Å². The number of amides is 1. The summed E-state index contributed by atoms with van der Waals surface area (Å²) in [5, 5.41) is 3.88. The van der Waals surface area contributed by atoms with E-state index in [1.807, 2.05) is 60.7 Å². The Labute approximate surface area is 147 Å². The number of carbonyl (C=O) groups excluding carboxylic acids is 1. The van der Waals surface area contributed by atoms with Crippen molar-refractivity contribution < 1.29 is 4.79 Å². The Morgan fingerprint density at radius 1 is 0.920 bits per heavy atom. The van der Waals surface area contributed by atoms with Gasteiger partial charge < -0.3 is 10.2 Å². The first-order valence-electron chi connectivity index (χ1n) is 8.82. The molecule has 0 saturated carbocycles. The average molecular weight is 331 g/mol. The SMILES string of the molecule is O=C(Nc1ccccc1)c1cc(N2CCCCC2)nc2ccccc12. The Morgan fingerprint density at radius 2 is 1.64 bits per heavy atom. The molecule has 1 fully saturated rings. The minimum atomic E-state index is -0.0944. The molecule has 1 N–H and O–H groups in total. The number of rotatable bonds is 3. The van der Waals surface area contributed by atoms with E-state index in [9.17, 15) is 4.79 Å². The van der Waals surface area contributed by atoms with E-state index in [1.54, 1.807) is 0 Å². The van der Waals surface area contributed by atoms with Crippen molar-refractivity contribution in [2.75, 3.05) is 23.3 Å². The highest BCUT2D eigenvalue weighted by Gasteiger charge is 2.18. The third kappa shape index (κ3) is 3.33. The smallest absolute Gasteiger partial charge is 0.256 e. The van der Waals surface area contributed by atoms with Gasteiger partial charge in [0, 0.05) is 24.2 Å². The average Bonchev–Trinajstić information content (AvgIpc) is 2.68. The van der Waals surface area contributed by atoms with Gasteiger partial charge in [0.05, 0.1) is 11.1 Å². The van der Waals surface area contributed by atoms with Crippen LogP contribution >= 0.6 is 0 Å². The van der Waals surface area contributed by atoms with E-state index < -0.39 is 0 Å².